The summed E-state index contributed by atoms with van der Waals surface area (Å²) < 4.78 is 0. The van der Waals surface area contributed by atoms with Crippen LogP contribution in [0.15, 0.2) is 24.3 Å². The van der Waals surface area contributed by atoms with Crippen LogP contribution in [0, 0.1) is 5.92 Å². The number of amides is 3. The minimum atomic E-state index is -0.0832. The minimum absolute atomic E-state index is 0.0679. The second-order valence-electron chi connectivity index (χ2n) is 6.57. The van der Waals surface area contributed by atoms with Gasteiger partial charge in [-0.15, -0.1) is 0 Å². The Morgan fingerprint density at radius 3 is 2.62 bits per heavy atom. The van der Waals surface area contributed by atoms with Gasteiger partial charge >= 0.3 is 6.03 Å². The average molecular weight is 350 g/mol. The Bertz CT molecular complexity index is 560. The number of hydrogen-bond donors (Lipinski definition) is 2. The fourth-order valence-electron chi connectivity index (χ4n) is 2.41. The summed E-state index contributed by atoms with van der Waals surface area (Å²) in [5.41, 5.74) is 1.32. The van der Waals surface area contributed by atoms with Gasteiger partial charge < -0.3 is 15.5 Å². The zero-order valence-electron chi connectivity index (χ0n) is 14.7. The molecule has 0 aliphatic carbocycles. The SMILES string of the molecule is CC(C)CNC(=O)c1ccc(NC(=O)N2CCS[C@H](C)CC2)cc1. The molecule has 6 heteroatoms. The van der Waals surface area contributed by atoms with E-state index in [1.807, 2.05) is 16.7 Å². The molecule has 0 spiro atoms. The van der Waals surface area contributed by atoms with Crippen molar-refractivity contribution in [1.82, 2.24) is 10.2 Å². The Morgan fingerprint density at radius 1 is 1.25 bits per heavy atom. The molecule has 1 aromatic rings. The van der Waals surface area contributed by atoms with Gasteiger partial charge in [0.15, 0.2) is 0 Å². The third-order valence-corrected chi connectivity index (χ3v) is 5.15. The van der Waals surface area contributed by atoms with Crippen LogP contribution < -0.4 is 10.6 Å². The van der Waals surface area contributed by atoms with Crippen LogP contribution in [0.25, 0.3) is 0 Å². The average Bonchev–Trinajstić information content (AvgIpc) is 2.78. The van der Waals surface area contributed by atoms with Crippen LogP contribution in [0.5, 0.6) is 0 Å². The van der Waals surface area contributed by atoms with Crippen molar-refractivity contribution in [3.05, 3.63) is 29.8 Å². The molecule has 24 heavy (non-hydrogen) atoms. The molecule has 1 atom stereocenters. The smallest absolute Gasteiger partial charge is 0.321 e. The molecule has 1 aromatic carbocycles. The third kappa shape index (κ3) is 5.74. The number of nitrogens with one attached hydrogen (secondary N) is 2. The number of hydrogen-bond acceptors (Lipinski definition) is 3. The molecule has 2 rings (SSSR count). The standard InChI is InChI=1S/C18H27N3O2S/c1-13(2)12-19-17(22)15-4-6-16(7-5-15)20-18(23)21-9-8-14(3)24-11-10-21/h4-7,13-14H,8-12H2,1-3H3,(H,19,22)(H,20,23)/t14-/m1/s1. The first-order valence-corrected chi connectivity index (χ1v) is 9.56. The second kappa shape index (κ2) is 8.97. The zero-order valence-corrected chi connectivity index (χ0v) is 15.5. The lowest BCUT2D eigenvalue weighted by Crippen LogP contribution is -2.36. The topological polar surface area (TPSA) is 61.4 Å². The highest BCUT2D eigenvalue weighted by atomic mass is 32.2. The number of rotatable bonds is 4. The van der Waals surface area contributed by atoms with Gasteiger partial charge in [0.25, 0.3) is 5.91 Å². The number of carbonyl (C=O) groups is 2. The van der Waals surface area contributed by atoms with Gasteiger partial charge in [0, 0.05) is 41.9 Å². The highest BCUT2D eigenvalue weighted by molar-refractivity contribution is 7.99. The summed E-state index contributed by atoms with van der Waals surface area (Å²) >= 11 is 1.91. The van der Waals surface area contributed by atoms with E-state index in [1.165, 1.54) is 0 Å². The van der Waals surface area contributed by atoms with E-state index in [-0.39, 0.29) is 11.9 Å². The molecule has 5 nitrogen and oxygen atoms in total. The second-order valence-corrected chi connectivity index (χ2v) is 8.11. The molecule has 2 N–H and O–H groups in total. The lowest BCUT2D eigenvalue weighted by molar-refractivity contribution is 0.0949. The van der Waals surface area contributed by atoms with E-state index >= 15 is 0 Å². The van der Waals surface area contributed by atoms with E-state index < -0.39 is 0 Å². The number of carbonyl (C=O) groups excluding carboxylic acids is 2. The van der Waals surface area contributed by atoms with E-state index in [9.17, 15) is 9.59 Å². The van der Waals surface area contributed by atoms with Crippen molar-refractivity contribution in [2.24, 2.45) is 5.92 Å². The molecule has 0 saturated carbocycles. The van der Waals surface area contributed by atoms with Crippen LogP contribution in [-0.2, 0) is 0 Å². The lowest BCUT2D eigenvalue weighted by Gasteiger charge is -2.20. The van der Waals surface area contributed by atoms with Gasteiger partial charge in [-0.3, -0.25) is 4.79 Å². The summed E-state index contributed by atoms with van der Waals surface area (Å²) in [6.45, 7) is 8.53. The van der Waals surface area contributed by atoms with Crippen molar-refractivity contribution >= 4 is 29.4 Å². The Kier molecular flexibility index (Phi) is 6.97. The van der Waals surface area contributed by atoms with Gasteiger partial charge in [0.2, 0.25) is 0 Å². The van der Waals surface area contributed by atoms with Crippen LogP contribution in [-0.4, -0.2) is 47.5 Å². The molecule has 3 amide bonds. The molecule has 1 saturated heterocycles. The van der Waals surface area contributed by atoms with Crippen molar-refractivity contribution in [1.29, 1.82) is 0 Å². The number of urea groups is 1. The highest BCUT2D eigenvalue weighted by Crippen LogP contribution is 2.19. The van der Waals surface area contributed by atoms with Gasteiger partial charge in [0.1, 0.15) is 0 Å². The predicted molar refractivity (Wildman–Crippen MR) is 101 cm³/mol. The monoisotopic (exact) mass is 349 g/mol. The van der Waals surface area contributed by atoms with Crippen LogP contribution in [0.1, 0.15) is 37.6 Å². The number of nitrogens with zero attached hydrogens (tertiary/aromatic N) is 1. The summed E-state index contributed by atoms with van der Waals surface area (Å²) in [6, 6.07) is 6.97. The first-order valence-electron chi connectivity index (χ1n) is 8.51. The van der Waals surface area contributed by atoms with E-state index in [2.05, 4.69) is 31.4 Å². The maximum Gasteiger partial charge on any atom is 0.321 e. The van der Waals surface area contributed by atoms with Crippen molar-refractivity contribution in [2.45, 2.75) is 32.4 Å². The van der Waals surface area contributed by atoms with Crippen LogP contribution in [0.4, 0.5) is 10.5 Å². The van der Waals surface area contributed by atoms with E-state index in [0.29, 0.717) is 29.0 Å². The summed E-state index contributed by atoms with van der Waals surface area (Å²) in [4.78, 5) is 26.2. The van der Waals surface area contributed by atoms with E-state index in [0.717, 1.165) is 25.3 Å². The van der Waals surface area contributed by atoms with Crippen LogP contribution in [0.3, 0.4) is 0 Å². The largest absolute Gasteiger partial charge is 0.352 e. The molecule has 1 heterocycles. The quantitative estimate of drug-likeness (QED) is 0.875. The van der Waals surface area contributed by atoms with Crippen molar-refractivity contribution in [3.63, 3.8) is 0 Å². The van der Waals surface area contributed by atoms with Gasteiger partial charge in [0.05, 0.1) is 0 Å². The van der Waals surface area contributed by atoms with Gasteiger partial charge in [-0.25, -0.2) is 4.79 Å². The van der Waals surface area contributed by atoms with Crippen molar-refractivity contribution in [3.8, 4) is 0 Å². The van der Waals surface area contributed by atoms with Crippen molar-refractivity contribution in [2.75, 3.05) is 30.7 Å². The van der Waals surface area contributed by atoms with Gasteiger partial charge in [-0.2, -0.15) is 11.8 Å². The normalized spacial score (nSPS) is 18.2. The summed E-state index contributed by atoms with van der Waals surface area (Å²) in [5, 5.41) is 6.40. The molecular formula is C18H27N3O2S. The number of thioether (sulfide) groups is 1. The molecule has 0 radical (unpaired) electrons. The van der Waals surface area contributed by atoms with Gasteiger partial charge in [-0.1, -0.05) is 20.8 Å². The maximum atomic E-state index is 12.3. The fourth-order valence-corrected chi connectivity index (χ4v) is 3.41. The Hall–Kier alpha value is -1.69. The summed E-state index contributed by atoms with van der Waals surface area (Å²) in [6.07, 6.45) is 1.02. The Labute approximate surface area is 148 Å². The lowest BCUT2D eigenvalue weighted by atomic mass is 10.1. The van der Waals surface area contributed by atoms with E-state index in [4.69, 9.17) is 0 Å². The van der Waals surface area contributed by atoms with Crippen molar-refractivity contribution < 1.29 is 9.59 Å². The highest BCUT2D eigenvalue weighted by Gasteiger charge is 2.18. The Morgan fingerprint density at radius 2 is 1.96 bits per heavy atom. The number of benzene rings is 1. The molecule has 0 unspecified atom stereocenters. The molecule has 132 valence electrons. The molecular weight excluding hydrogens is 322 g/mol. The zero-order chi connectivity index (χ0) is 17.5. The minimum Gasteiger partial charge on any atom is -0.352 e. The fraction of sp³-hybridized carbons (Fsp3) is 0.556. The van der Waals surface area contributed by atoms with E-state index in [1.54, 1.807) is 24.3 Å². The van der Waals surface area contributed by atoms with Gasteiger partial charge in [-0.05, 0) is 36.6 Å². The van der Waals surface area contributed by atoms with Crippen LogP contribution in [0.2, 0.25) is 0 Å². The molecule has 0 aromatic heterocycles. The molecule has 1 aliphatic heterocycles. The predicted octanol–water partition coefficient (Wildman–Crippen LogP) is 3.43. The summed E-state index contributed by atoms with van der Waals surface area (Å²) in [5.74, 6) is 1.31. The molecule has 1 fully saturated rings. The third-order valence-electron chi connectivity index (χ3n) is 3.93. The Balaban J connectivity index is 1.88. The van der Waals surface area contributed by atoms with Crippen LogP contribution >= 0.6 is 11.8 Å². The molecule has 1 aliphatic rings. The first kappa shape index (κ1) is 18.6. The number of anilines is 1. The molecule has 0 bridgehead atoms. The summed E-state index contributed by atoms with van der Waals surface area (Å²) in [7, 11) is 0. The maximum absolute atomic E-state index is 12.3. The first-order chi connectivity index (χ1) is 11.5.